The number of nitrogens with zero attached hydrogens (tertiary/aromatic N) is 1. The van der Waals surface area contributed by atoms with Crippen molar-refractivity contribution in [2.45, 2.75) is 24.8 Å². The van der Waals surface area contributed by atoms with E-state index < -0.39 is 5.54 Å². The van der Waals surface area contributed by atoms with Gasteiger partial charge in [0.25, 0.3) is 0 Å². The maximum atomic E-state index is 6.63. The number of hydrogen-bond acceptors (Lipinski definition) is 4. The molecule has 1 aliphatic heterocycles. The first-order valence-electron chi connectivity index (χ1n) is 11.9. The summed E-state index contributed by atoms with van der Waals surface area (Å²) in [5, 5.41) is 5.94. The summed E-state index contributed by atoms with van der Waals surface area (Å²) in [4.78, 5) is 11.0. The molecular formula is C29H28N6. The average molecular weight is 461 g/mol. The van der Waals surface area contributed by atoms with Crippen molar-refractivity contribution < 1.29 is 0 Å². The lowest BCUT2D eigenvalue weighted by atomic mass is 9.75. The molecule has 0 amide bonds. The van der Waals surface area contributed by atoms with Crippen molar-refractivity contribution in [3.8, 4) is 0 Å². The zero-order valence-electron chi connectivity index (χ0n) is 19.4. The summed E-state index contributed by atoms with van der Waals surface area (Å²) < 4.78 is 0. The minimum Gasteiger partial charge on any atom is -0.384 e. The Morgan fingerprint density at radius 2 is 1.31 bits per heavy atom. The molecule has 2 aromatic heterocycles. The second kappa shape index (κ2) is 8.40. The summed E-state index contributed by atoms with van der Waals surface area (Å²) in [6, 6.07) is 27.7. The molecule has 1 aliphatic rings. The molecule has 1 atom stereocenters. The van der Waals surface area contributed by atoms with Crippen LogP contribution in [0.4, 0.5) is 0 Å². The topological polar surface area (TPSA) is 108 Å². The maximum Gasteiger partial charge on any atom is 0.195 e. The number of fused-ring (bicyclic) bond motifs is 2. The van der Waals surface area contributed by atoms with Crippen molar-refractivity contribution in [3.63, 3.8) is 0 Å². The number of nitrogens with one attached hydrogen (secondary N) is 3. The van der Waals surface area contributed by atoms with E-state index in [4.69, 9.17) is 11.5 Å². The summed E-state index contributed by atoms with van der Waals surface area (Å²) >= 11 is 0. The lowest BCUT2D eigenvalue weighted by molar-refractivity contribution is 0.416. The molecule has 0 radical (unpaired) electrons. The molecule has 35 heavy (non-hydrogen) atoms. The van der Waals surface area contributed by atoms with E-state index in [-0.39, 0.29) is 0 Å². The van der Waals surface area contributed by atoms with Gasteiger partial charge in [0, 0.05) is 29.0 Å². The first kappa shape index (κ1) is 21.1. The van der Waals surface area contributed by atoms with Crippen LogP contribution in [-0.4, -0.2) is 21.5 Å². The predicted molar refractivity (Wildman–Crippen MR) is 143 cm³/mol. The summed E-state index contributed by atoms with van der Waals surface area (Å²) in [5.41, 5.74) is 19.3. The minimum absolute atomic E-state index is 0.353. The molecule has 6 nitrogen and oxygen atoms in total. The van der Waals surface area contributed by atoms with Gasteiger partial charge in [-0.1, -0.05) is 42.5 Å². The third-order valence-electron chi connectivity index (χ3n) is 6.97. The average Bonchev–Trinajstić information content (AvgIpc) is 3.51. The zero-order valence-corrected chi connectivity index (χ0v) is 19.4. The number of nitrogens with two attached hydrogens (primary N) is 2. The highest BCUT2D eigenvalue weighted by molar-refractivity contribution is 5.83. The van der Waals surface area contributed by atoms with Gasteiger partial charge in [0.2, 0.25) is 0 Å². The molecule has 5 aromatic rings. The molecular weight excluding hydrogens is 432 g/mol. The van der Waals surface area contributed by atoms with Crippen LogP contribution in [0.15, 0.2) is 108 Å². The predicted octanol–water partition coefficient (Wildman–Crippen LogP) is 4.50. The lowest BCUT2D eigenvalue weighted by Gasteiger charge is -2.41. The molecule has 7 N–H and O–H groups in total. The van der Waals surface area contributed by atoms with Crippen LogP contribution >= 0.6 is 0 Å². The maximum absolute atomic E-state index is 6.63. The number of aromatic nitrogens is 2. The normalized spacial score (nSPS) is 18.1. The summed E-state index contributed by atoms with van der Waals surface area (Å²) in [6.45, 7) is 0. The molecule has 0 saturated heterocycles. The van der Waals surface area contributed by atoms with Gasteiger partial charge >= 0.3 is 0 Å². The second-order valence-electron chi connectivity index (χ2n) is 9.38. The van der Waals surface area contributed by atoms with Gasteiger partial charge in [-0.25, -0.2) is 0 Å². The number of aliphatic imine (C=N–C) groups is 1. The van der Waals surface area contributed by atoms with Crippen LogP contribution < -0.4 is 16.8 Å². The molecule has 6 heteroatoms. The van der Waals surface area contributed by atoms with Gasteiger partial charge in [-0.3, -0.25) is 0 Å². The highest BCUT2D eigenvalue weighted by Crippen LogP contribution is 2.34. The van der Waals surface area contributed by atoms with Crippen LogP contribution in [0.2, 0.25) is 0 Å². The lowest BCUT2D eigenvalue weighted by Crippen LogP contribution is -2.58. The van der Waals surface area contributed by atoms with Gasteiger partial charge in [0.05, 0.1) is 5.54 Å². The summed E-state index contributed by atoms with van der Waals surface area (Å²) in [6.07, 6.45) is 6.07. The zero-order chi connectivity index (χ0) is 23.8. The monoisotopic (exact) mass is 460 g/mol. The fourth-order valence-corrected chi connectivity index (χ4v) is 5.34. The number of guanidine groups is 1. The van der Waals surface area contributed by atoms with E-state index in [9.17, 15) is 0 Å². The van der Waals surface area contributed by atoms with E-state index in [2.05, 4.69) is 93.1 Å². The number of hydrogen-bond donors (Lipinski definition) is 5. The van der Waals surface area contributed by atoms with Crippen molar-refractivity contribution in [3.05, 3.63) is 119 Å². The van der Waals surface area contributed by atoms with Crippen LogP contribution in [0.1, 0.15) is 16.7 Å². The number of benzene rings is 3. The van der Waals surface area contributed by atoms with Crippen molar-refractivity contribution >= 4 is 27.8 Å². The quantitative estimate of drug-likeness (QED) is 0.257. The van der Waals surface area contributed by atoms with Gasteiger partial charge in [-0.15, -0.1) is 0 Å². The second-order valence-corrected chi connectivity index (χ2v) is 9.38. The summed E-state index contributed by atoms with van der Waals surface area (Å²) in [5.74, 6) is 0.847. The molecule has 3 aromatic carbocycles. The fourth-order valence-electron chi connectivity index (χ4n) is 5.34. The van der Waals surface area contributed by atoms with Crippen molar-refractivity contribution in [1.29, 1.82) is 0 Å². The first-order chi connectivity index (χ1) is 17.1. The Bertz CT molecular complexity index is 1570. The molecule has 0 fully saturated rings. The van der Waals surface area contributed by atoms with Crippen LogP contribution in [0.5, 0.6) is 0 Å². The third-order valence-corrected chi connectivity index (χ3v) is 6.97. The third kappa shape index (κ3) is 4.04. The molecule has 0 spiro atoms. The molecule has 174 valence electrons. The van der Waals surface area contributed by atoms with Crippen molar-refractivity contribution in [2.24, 2.45) is 16.5 Å². The van der Waals surface area contributed by atoms with Gasteiger partial charge in [-0.2, -0.15) is 4.99 Å². The van der Waals surface area contributed by atoms with Crippen LogP contribution in [0.3, 0.4) is 0 Å². The van der Waals surface area contributed by atoms with Gasteiger partial charge in [0.15, 0.2) is 5.96 Å². The molecule has 0 bridgehead atoms. The standard InChI is InChI=1S/C29H28N6/c30-27-24(16-20-6-8-25-22(14-20)10-12-32-25)29(35-28(31)34-27,17-19-4-2-1-3-5-19)18-21-7-9-26-23(15-21)11-13-33-26/h1-15,32-33H,16-18,30H2,(H3,31,34,35). The fraction of sp³-hybridized carbons (Fsp3) is 0.138. The SMILES string of the molecule is NC1=NC(N)=C(Cc2ccc3[nH]ccc3c2)C(Cc2ccccc2)(Cc2ccc3[nH]ccc3c2)N1. The van der Waals surface area contributed by atoms with Crippen LogP contribution in [-0.2, 0) is 19.3 Å². The molecule has 0 saturated carbocycles. The Kier molecular flexibility index (Phi) is 5.07. The Labute approximate surface area is 203 Å². The van der Waals surface area contributed by atoms with Gasteiger partial charge in [0.1, 0.15) is 5.82 Å². The minimum atomic E-state index is -0.519. The Hall–Kier alpha value is -4.45. The van der Waals surface area contributed by atoms with E-state index in [0.717, 1.165) is 29.4 Å². The largest absolute Gasteiger partial charge is 0.384 e. The smallest absolute Gasteiger partial charge is 0.195 e. The molecule has 0 aliphatic carbocycles. The molecule has 6 rings (SSSR count). The van der Waals surface area contributed by atoms with Gasteiger partial charge < -0.3 is 26.8 Å². The molecule has 1 unspecified atom stereocenters. The van der Waals surface area contributed by atoms with Crippen molar-refractivity contribution in [2.75, 3.05) is 0 Å². The van der Waals surface area contributed by atoms with Crippen molar-refractivity contribution in [1.82, 2.24) is 15.3 Å². The Morgan fingerprint density at radius 1 is 0.686 bits per heavy atom. The number of aromatic amines is 2. The Morgan fingerprint density at radius 3 is 2.03 bits per heavy atom. The van der Waals surface area contributed by atoms with E-state index in [1.807, 2.05) is 18.5 Å². The first-order valence-corrected chi connectivity index (χ1v) is 11.9. The number of rotatable bonds is 6. The van der Waals surface area contributed by atoms with E-state index in [1.165, 1.54) is 27.5 Å². The van der Waals surface area contributed by atoms with E-state index in [0.29, 0.717) is 18.2 Å². The van der Waals surface area contributed by atoms with Crippen LogP contribution in [0, 0.1) is 0 Å². The molecule has 3 heterocycles. The Balaban J connectivity index is 1.46. The highest BCUT2D eigenvalue weighted by Gasteiger charge is 2.39. The van der Waals surface area contributed by atoms with E-state index >= 15 is 0 Å². The summed E-state index contributed by atoms with van der Waals surface area (Å²) in [7, 11) is 0. The highest BCUT2D eigenvalue weighted by atomic mass is 15.2. The van der Waals surface area contributed by atoms with Crippen LogP contribution in [0.25, 0.3) is 21.8 Å². The number of H-pyrrole nitrogens is 2. The van der Waals surface area contributed by atoms with E-state index in [1.54, 1.807) is 0 Å². The van der Waals surface area contributed by atoms with Gasteiger partial charge in [-0.05, 0) is 83.1 Å².